The molecule has 0 N–H and O–H groups in total. The van der Waals surface area contributed by atoms with Crippen molar-refractivity contribution in [2.45, 2.75) is 11.4 Å². The monoisotopic (exact) mass is 258 g/mol. The average Bonchev–Trinajstić information content (AvgIpc) is 2.06. The molecule has 1 aliphatic heterocycles. The predicted molar refractivity (Wildman–Crippen MR) is 41.7 cm³/mol. The minimum atomic E-state index is 0.288. The van der Waals surface area contributed by atoms with E-state index in [2.05, 4.69) is 28.1 Å². The molecule has 2 rings (SSSR count). The zero-order valence-corrected chi connectivity index (χ0v) is 8.50. The van der Waals surface area contributed by atoms with Crippen LogP contribution in [0.1, 0.15) is 16.8 Å². The van der Waals surface area contributed by atoms with Crippen LogP contribution in [0, 0.1) is 6.92 Å². The van der Waals surface area contributed by atoms with Gasteiger partial charge in [0.05, 0.1) is 0 Å². The first-order valence-electron chi connectivity index (χ1n) is 3.56. The number of fused-ring (bicyclic) bond motifs is 1. The third kappa shape index (κ3) is 1.31. The molecule has 0 spiro atoms. The first kappa shape index (κ1) is 7.28. The molecule has 1 aromatic heterocycles. The van der Waals surface area contributed by atoms with Crippen molar-refractivity contribution in [2.24, 2.45) is 0 Å². The van der Waals surface area contributed by atoms with Gasteiger partial charge in [-0.1, -0.05) is 0 Å². The summed E-state index contributed by atoms with van der Waals surface area (Å²) in [7, 11) is 0. The number of pyridine rings is 1. The predicted octanol–water partition coefficient (Wildman–Crippen LogP) is -1.04. The molecular weight excluding hydrogens is 249 g/mol. The molecule has 1 nitrogen and oxygen atoms in total. The van der Waals surface area contributed by atoms with Gasteiger partial charge in [0.25, 0.3) is 0 Å². The Kier molecular flexibility index (Phi) is 1.94. The molecular formula is C9H9IN-. The Bertz CT molecular complexity index is 304. The summed E-state index contributed by atoms with van der Waals surface area (Å²) in [6.07, 6.45) is 4.13. The molecule has 0 amide bonds. The van der Waals surface area contributed by atoms with Crippen LogP contribution in [0.15, 0.2) is 16.3 Å². The number of aryl methyl sites for hydroxylation is 1. The number of nitrogens with zero attached hydrogens (tertiary/aromatic N) is 1. The standard InChI is InChI=1S/C9H9IN/c1-7-9-6-10-4-2-8(9)3-5-11-7/h2-5H,6H2,1H3/q-1. The SMILES string of the molecule is Cc1nccc2c1C[I-]C=C2. The summed E-state index contributed by atoms with van der Waals surface area (Å²) in [6, 6.07) is 2.10. The summed E-state index contributed by atoms with van der Waals surface area (Å²) in [5, 5.41) is 0. The van der Waals surface area contributed by atoms with Crippen molar-refractivity contribution in [1.29, 1.82) is 0 Å². The van der Waals surface area contributed by atoms with E-state index >= 15 is 0 Å². The zero-order valence-electron chi connectivity index (χ0n) is 6.34. The second-order valence-corrected chi connectivity index (χ2v) is 4.91. The van der Waals surface area contributed by atoms with Crippen molar-refractivity contribution in [3.05, 3.63) is 33.2 Å². The molecule has 0 unspecified atom stereocenters. The molecule has 0 radical (unpaired) electrons. The molecule has 0 bridgehead atoms. The van der Waals surface area contributed by atoms with Gasteiger partial charge in [0.1, 0.15) is 0 Å². The Morgan fingerprint density at radius 3 is 3.27 bits per heavy atom. The van der Waals surface area contributed by atoms with Gasteiger partial charge in [0, 0.05) is 0 Å². The molecule has 0 saturated heterocycles. The van der Waals surface area contributed by atoms with Gasteiger partial charge in [-0.25, -0.2) is 0 Å². The van der Waals surface area contributed by atoms with E-state index in [1.807, 2.05) is 6.20 Å². The van der Waals surface area contributed by atoms with Crippen LogP contribution in [-0.4, -0.2) is 4.98 Å². The van der Waals surface area contributed by atoms with Gasteiger partial charge in [-0.2, -0.15) is 0 Å². The average molecular weight is 258 g/mol. The number of hydrogen-bond donors (Lipinski definition) is 0. The molecule has 0 atom stereocenters. The third-order valence-corrected chi connectivity index (χ3v) is 3.92. The second kappa shape index (κ2) is 2.93. The van der Waals surface area contributed by atoms with E-state index in [1.54, 1.807) is 0 Å². The second-order valence-electron chi connectivity index (χ2n) is 2.54. The van der Waals surface area contributed by atoms with Crippen LogP contribution in [0.5, 0.6) is 0 Å². The molecule has 1 aliphatic rings. The van der Waals surface area contributed by atoms with Crippen LogP contribution in [0.2, 0.25) is 0 Å². The molecule has 11 heavy (non-hydrogen) atoms. The Hall–Kier alpha value is -0.380. The van der Waals surface area contributed by atoms with E-state index in [-0.39, 0.29) is 21.2 Å². The van der Waals surface area contributed by atoms with Crippen LogP contribution < -0.4 is 21.2 Å². The van der Waals surface area contributed by atoms with E-state index < -0.39 is 0 Å². The quantitative estimate of drug-likeness (QED) is 0.428. The van der Waals surface area contributed by atoms with Crippen LogP contribution in [0.25, 0.3) is 6.08 Å². The van der Waals surface area contributed by atoms with E-state index in [4.69, 9.17) is 0 Å². The number of alkyl halides is 1. The molecule has 0 aliphatic carbocycles. The fraction of sp³-hybridized carbons (Fsp3) is 0.222. The molecule has 0 aromatic carbocycles. The maximum absolute atomic E-state index is 4.28. The van der Waals surface area contributed by atoms with Crippen molar-refractivity contribution >= 4 is 6.08 Å². The van der Waals surface area contributed by atoms with Crippen LogP contribution in [0.3, 0.4) is 0 Å². The first-order chi connectivity index (χ1) is 5.38. The summed E-state index contributed by atoms with van der Waals surface area (Å²) in [4.78, 5) is 4.28. The number of hydrogen-bond acceptors (Lipinski definition) is 1. The molecule has 2 heteroatoms. The number of rotatable bonds is 0. The minimum absolute atomic E-state index is 0.288. The maximum atomic E-state index is 4.28. The van der Waals surface area contributed by atoms with Gasteiger partial charge in [0.15, 0.2) is 0 Å². The Morgan fingerprint density at radius 2 is 2.45 bits per heavy atom. The van der Waals surface area contributed by atoms with E-state index in [1.165, 1.54) is 21.2 Å². The van der Waals surface area contributed by atoms with Crippen LogP contribution >= 0.6 is 0 Å². The molecule has 1 aromatic rings. The van der Waals surface area contributed by atoms with Crippen LogP contribution in [0.4, 0.5) is 0 Å². The fourth-order valence-electron chi connectivity index (χ4n) is 1.18. The summed E-state index contributed by atoms with van der Waals surface area (Å²) < 4.78 is 3.60. The molecule has 58 valence electrons. The Balaban J connectivity index is 2.60. The summed E-state index contributed by atoms with van der Waals surface area (Å²) in [5.74, 6) is 0. The Morgan fingerprint density at radius 1 is 1.55 bits per heavy atom. The first-order valence-corrected chi connectivity index (χ1v) is 6.34. The van der Waals surface area contributed by atoms with Gasteiger partial charge in [-0.05, 0) is 0 Å². The van der Waals surface area contributed by atoms with Gasteiger partial charge < -0.3 is 0 Å². The molecule has 0 saturated carbocycles. The third-order valence-electron chi connectivity index (χ3n) is 1.85. The summed E-state index contributed by atoms with van der Waals surface area (Å²) in [5.41, 5.74) is 4.07. The molecule has 0 fully saturated rings. The van der Waals surface area contributed by atoms with Crippen LogP contribution in [-0.2, 0) is 4.43 Å². The number of aromatic nitrogens is 1. The van der Waals surface area contributed by atoms with E-state index in [9.17, 15) is 0 Å². The molecule has 2 heterocycles. The summed E-state index contributed by atoms with van der Waals surface area (Å²) in [6.45, 7) is 2.10. The summed E-state index contributed by atoms with van der Waals surface area (Å²) >= 11 is 0.288. The number of halogens is 1. The van der Waals surface area contributed by atoms with E-state index in [0.717, 1.165) is 0 Å². The Labute approximate surface area is 76.8 Å². The zero-order chi connectivity index (χ0) is 7.68. The van der Waals surface area contributed by atoms with Crippen molar-refractivity contribution in [2.75, 3.05) is 0 Å². The van der Waals surface area contributed by atoms with Crippen molar-refractivity contribution in [3.63, 3.8) is 0 Å². The normalized spacial score (nSPS) is 15.4. The van der Waals surface area contributed by atoms with Crippen molar-refractivity contribution in [1.82, 2.24) is 4.98 Å². The van der Waals surface area contributed by atoms with Crippen molar-refractivity contribution < 1.29 is 21.2 Å². The van der Waals surface area contributed by atoms with Crippen molar-refractivity contribution in [3.8, 4) is 0 Å². The van der Waals surface area contributed by atoms with E-state index in [0.29, 0.717) is 0 Å². The topological polar surface area (TPSA) is 12.9 Å². The van der Waals surface area contributed by atoms with Gasteiger partial charge >= 0.3 is 76.8 Å². The fourth-order valence-corrected chi connectivity index (χ4v) is 3.51. The van der Waals surface area contributed by atoms with Gasteiger partial charge in [-0.3, -0.25) is 0 Å². The van der Waals surface area contributed by atoms with Gasteiger partial charge in [0.2, 0.25) is 0 Å². The van der Waals surface area contributed by atoms with Gasteiger partial charge in [-0.15, -0.1) is 0 Å².